The highest BCUT2D eigenvalue weighted by Gasteiger charge is 2.09. The number of aldehydes is 1. The summed E-state index contributed by atoms with van der Waals surface area (Å²) in [7, 11) is 0. The molecule has 0 saturated carbocycles. The van der Waals surface area contributed by atoms with Crippen LogP contribution >= 0.6 is 0 Å². The average molecular weight is 155 g/mol. The largest absolute Gasteiger partial charge is 0.358 e. The number of rotatable bonds is 3. The quantitative estimate of drug-likeness (QED) is 0.557. The van der Waals surface area contributed by atoms with E-state index in [4.69, 9.17) is 9.57 Å². The fourth-order valence-electron chi connectivity index (χ4n) is 0.667. The summed E-state index contributed by atoms with van der Waals surface area (Å²) in [6.45, 7) is 2.41. The first-order valence-electron chi connectivity index (χ1n) is 3.35. The van der Waals surface area contributed by atoms with Gasteiger partial charge in [0.05, 0.1) is 0 Å². The molecule has 1 heterocycles. The highest BCUT2D eigenvalue weighted by Crippen LogP contribution is 2.03. The fourth-order valence-corrected chi connectivity index (χ4v) is 0.667. The van der Waals surface area contributed by atoms with Gasteiger partial charge in [0.25, 0.3) is 0 Å². The van der Waals surface area contributed by atoms with Crippen molar-refractivity contribution in [3.8, 4) is 0 Å². The number of hydrogen-bond donors (Lipinski definition) is 0. The molecule has 0 aliphatic carbocycles. The minimum atomic E-state index is -0.441. The normalized spacial score (nSPS) is 22.3. The maximum absolute atomic E-state index is 10.1. The Kier molecular flexibility index (Phi) is 2.80. The molecule has 1 rings (SSSR count). The van der Waals surface area contributed by atoms with Gasteiger partial charge in [-0.25, -0.2) is 0 Å². The second-order valence-electron chi connectivity index (χ2n) is 1.92. The topological polar surface area (TPSA) is 47.9 Å². The van der Waals surface area contributed by atoms with Crippen molar-refractivity contribution in [1.82, 2.24) is 0 Å². The van der Waals surface area contributed by atoms with Crippen molar-refractivity contribution in [2.24, 2.45) is 5.16 Å². The van der Waals surface area contributed by atoms with Crippen LogP contribution in [0.25, 0.3) is 0 Å². The van der Waals surface area contributed by atoms with Crippen LogP contribution < -0.4 is 0 Å². The van der Waals surface area contributed by atoms with Crippen LogP contribution in [0, 0.1) is 0 Å². The first-order chi connectivity index (χ1) is 5.36. The van der Waals surface area contributed by atoms with Crippen molar-refractivity contribution in [2.75, 3.05) is 6.61 Å². The van der Waals surface area contributed by atoms with E-state index in [2.05, 4.69) is 5.16 Å². The summed E-state index contributed by atoms with van der Waals surface area (Å²) in [4.78, 5) is 14.9. The zero-order chi connectivity index (χ0) is 8.10. The number of nitrogens with zero attached hydrogens (tertiary/aromatic N) is 1. The highest BCUT2D eigenvalue weighted by molar-refractivity contribution is 6.33. The van der Waals surface area contributed by atoms with Crippen molar-refractivity contribution >= 4 is 12.0 Å². The van der Waals surface area contributed by atoms with E-state index in [0.29, 0.717) is 12.9 Å². The number of ether oxygens (including phenoxy) is 1. The summed E-state index contributed by atoms with van der Waals surface area (Å²) in [6.07, 6.45) is 3.39. The lowest BCUT2D eigenvalue weighted by Crippen LogP contribution is -2.17. The van der Waals surface area contributed by atoms with Crippen molar-refractivity contribution in [3.63, 3.8) is 0 Å². The summed E-state index contributed by atoms with van der Waals surface area (Å²) in [5, 5.41) is 3.48. The second kappa shape index (κ2) is 3.88. The Bertz CT molecular complexity index is 198. The van der Waals surface area contributed by atoms with Crippen LogP contribution in [0.15, 0.2) is 17.3 Å². The van der Waals surface area contributed by atoms with Crippen molar-refractivity contribution < 1.29 is 14.4 Å². The summed E-state index contributed by atoms with van der Waals surface area (Å²) in [5.74, 6) is 0. The van der Waals surface area contributed by atoms with E-state index in [0.717, 1.165) is 0 Å². The van der Waals surface area contributed by atoms with E-state index >= 15 is 0 Å². The molecule has 0 fully saturated rings. The lowest BCUT2D eigenvalue weighted by atomic mass is 10.3. The van der Waals surface area contributed by atoms with Gasteiger partial charge < -0.3 is 9.57 Å². The smallest absolute Gasteiger partial charge is 0.246 e. The predicted molar refractivity (Wildman–Crippen MR) is 39.1 cm³/mol. The molecule has 0 aromatic rings. The Morgan fingerprint density at radius 3 is 3.18 bits per heavy atom. The van der Waals surface area contributed by atoms with Crippen LogP contribution in [-0.2, 0) is 14.4 Å². The molecule has 1 aliphatic rings. The minimum Gasteiger partial charge on any atom is -0.358 e. The molecule has 1 aliphatic heterocycles. The third-order valence-electron chi connectivity index (χ3n) is 1.14. The van der Waals surface area contributed by atoms with Crippen LogP contribution in [0.5, 0.6) is 0 Å². The molecule has 0 saturated heterocycles. The third kappa shape index (κ3) is 2.16. The second-order valence-corrected chi connectivity index (χ2v) is 1.92. The standard InChI is InChI=1S/C7H9NO3/c1-2-10-7-4-3-6(5-9)8-11-7/h3-5,7H,2H2,1H3. The van der Waals surface area contributed by atoms with E-state index in [1.165, 1.54) is 0 Å². The van der Waals surface area contributed by atoms with Crippen molar-refractivity contribution in [2.45, 2.75) is 13.2 Å². The summed E-state index contributed by atoms with van der Waals surface area (Å²) in [5.41, 5.74) is 0.279. The average Bonchev–Trinajstić information content (AvgIpc) is 2.07. The van der Waals surface area contributed by atoms with Gasteiger partial charge in [-0.3, -0.25) is 4.79 Å². The van der Waals surface area contributed by atoms with Crippen LogP contribution in [0.3, 0.4) is 0 Å². The van der Waals surface area contributed by atoms with E-state index in [1.54, 1.807) is 12.2 Å². The van der Waals surface area contributed by atoms with E-state index < -0.39 is 6.29 Å². The number of oxime groups is 1. The molecular formula is C7H9NO3. The Hall–Kier alpha value is -1.16. The molecule has 0 spiro atoms. The van der Waals surface area contributed by atoms with Gasteiger partial charge in [-0.05, 0) is 19.1 Å². The molecule has 0 amide bonds. The summed E-state index contributed by atoms with van der Waals surface area (Å²) in [6, 6.07) is 0. The van der Waals surface area contributed by atoms with E-state index in [9.17, 15) is 4.79 Å². The molecule has 0 aromatic heterocycles. The van der Waals surface area contributed by atoms with E-state index in [-0.39, 0.29) is 5.71 Å². The van der Waals surface area contributed by atoms with Gasteiger partial charge in [0.2, 0.25) is 6.29 Å². The number of allylic oxidation sites excluding steroid dienone is 1. The Morgan fingerprint density at radius 1 is 1.91 bits per heavy atom. The lowest BCUT2D eigenvalue weighted by Gasteiger charge is -2.13. The van der Waals surface area contributed by atoms with Gasteiger partial charge >= 0.3 is 0 Å². The molecule has 1 unspecified atom stereocenters. The Morgan fingerprint density at radius 2 is 2.73 bits per heavy atom. The molecule has 11 heavy (non-hydrogen) atoms. The molecule has 4 heteroatoms. The van der Waals surface area contributed by atoms with Crippen LogP contribution in [0.1, 0.15) is 6.92 Å². The predicted octanol–water partition coefficient (Wildman–Crippen LogP) is 0.490. The lowest BCUT2D eigenvalue weighted by molar-refractivity contribution is -0.111. The van der Waals surface area contributed by atoms with Gasteiger partial charge in [0.1, 0.15) is 5.71 Å². The van der Waals surface area contributed by atoms with Gasteiger partial charge in [0, 0.05) is 6.61 Å². The molecule has 0 aromatic carbocycles. The number of hydrogen-bond acceptors (Lipinski definition) is 4. The third-order valence-corrected chi connectivity index (χ3v) is 1.14. The molecule has 0 N–H and O–H groups in total. The first-order valence-corrected chi connectivity index (χ1v) is 3.35. The number of carbonyl (C=O) groups excluding carboxylic acids is 1. The van der Waals surface area contributed by atoms with Gasteiger partial charge in [-0.15, -0.1) is 0 Å². The van der Waals surface area contributed by atoms with Crippen molar-refractivity contribution in [3.05, 3.63) is 12.2 Å². The van der Waals surface area contributed by atoms with Crippen LogP contribution in [-0.4, -0.2) is 24.9 Å². The van der Waals surface area contributed by atoms with Crippen LogP contribution in [0.2, 0.25) is 0 Å². The van der Waals surface area contributed by atoms with Crippen molar-refractivity contribution in [1.29, 1.82) is 0 Å². The van der Waals surface area contributed by atoms with Crippen LogP contribution in [0.4, 0.5) is 0 Å². The zero-order valence-corrected chi connectivity index (χ0v) is 6.19. The highest BCUT2D eigenvalue weighted by atomic mass is 16.8. The number of carbonyl (C=O) groups is 1. The molecule has 0 radical (unpaired) electrons. The van der Waals surface area contributed by atoms with Gasteiger partial charge in [0.15, 0.2) is 6.29 Å². The molecule has 1 atom stereocenters. The monoisotopic (exact) mass is 155 g/mol. The maximum Gasteiger partial charge on any atom is 0.246 e. The molecule has 0 bridgehead atoms. The summed E-state index contributed by atoms with van der Waals surface area (Å²) < 4.78 is 5.04. The molecule has 60 valence electrons. The van der Waals surface area contributed by atoms with Gasteiger partial charge in [-0.1, -0.05) is 5.16 Å². The first kappa shape index (κ1) is 7.94. The van der Waals surface area contributed by atoms with E-state index in [1.807, 2.05) is 6.92 Å². The Labute approximate surface area is 64.5 Å². The fraction of sp³-hybridized carbons (Fsp3) is 0.429. The summed E-state index contributed by atoms with van der Waals surface area (Å²) >= 11 is 0. The van der Waals surface area contributed by atoms with Gasteiger partial charge in [-0.2, -0.15) is 0 Å². The molecule has 4 nitrogen and oxygen atoms in total. The SMILES string of the molecule is CCOC1C=CC(C=O)=NO1. The minimum absolute atomic E-state index is 0.279. The maximum atomic E-state index is 10.1. The zero-order valence-electron chi connectivity index (χ0n) is 6.19. The Balaban J connectivity index is 2.43. The molecular weight excluding hydrogens is 146 g/mol.